The van der Waals surface area contributed by atoms with Crippen molar-refractivity contribution in [2.45, 2.75) is 329 Å². The maximum absolute atomic E-state index is 12.9. The SMILES string of the molecule is CC/C=C\C/C=C\C/C=C\C/C=C\C/C=C\C/C=C\C/C=C\CCCC(=O)OC(COC(=O)CCCCCCC/C=C\CCCCCCCCC)COC(=O)CCCCCCCCCCCCCCC/C=C\C/C=C\CCCCCCC. The summed E-state index contributed by atoms with van der Waals surface area (Å²) in [5.74, 6) is -0.966. The third kappa shape index (κ3) is 66.6. The van der Waals surface area contributed by atoms with Crippen LogP contribution in [0.15, 0.2) is 122 Å². The molecule has 0 aromatic carbocycles. The lowest BCUT2D eigenvalue weighted by atomic mass is 10.0. The van der Waals surface area contributed by atoms with Gasteiger partial charge < -0.3 is 14.2 Å². The quantitative estimate of drug-likeness (QED) is 0.0261. The average molecular weight is 1140 g/mol. The first-order chi connectivity index (χ1) is 40.5. The maximum Gasteiger partial charge on any atom is 0.306 e. The molecule has 0 spiro atoms. The number of esters is 3. The van der Waals surface area contributed by atoms with Crippen molar-refractivity contribution in [2.75, 3.05) is 13.2 Å². The Labute approximate surface area is 507 Å². The zero-order chi connectivity index (χ0) is 59.2. The monoisotopic (exact) mass is 1140 g/mol. The molecule has 6 nitrogen and oxygen atoms in total. The number of allylic oxidation sites excluding steroid dienone is 20. The molecule has 0 aromatic rings. The molecule has 0 fully saturated rings. The van der Waals surface area contributed by atoms with Crippen LogP contribution < -0.4 is 0 Å². The molecule has 1 atom stereocenters. The Morgan fingerprint density at radius 3 is 0.793 bits per heavy atom. The largest absolute Gasteiger partial charge is 0.462 e. The van der Waals surface area contributed by atoms with Gasteiger partial charge >= 0.3 is 17.9 Å². The molecule has 468 valence electrons. The summed E-state index contributed by atoms with van der Waals surface area (Å²) >= 11 is 0. The Hall–Kier alpha value is -4.19. The third-order valence-electron chi connectivity index (χ3n) is 14.7. The molecule has 0 heterocycles. The number of unbranched alkanes of at least 4 members (excludes halogenated alkanes) is 31. The van der Waals surface area contributed by atoms with E-state index in [0.29, 0.717) is 19.3 Å². The van der Waals surface area contributed by atoms with Gasteiger partial charge in [-0.15, -0.1) is 0 Å². The van der Waals surface area contributed by atoms with Crippen LogP contribution in [0.25, 0.3) is 0 Å². The van der Waals surface area contributed by atoms with E-state index in [1.54, 1.807) is 0 Å². The Balaban J connectivity index is 4.45. The summed E-state index contributed by atoms with van der Waals surface area (Å²) in [5, 5.41) is 0. The summed E-state index contributed by atoms with van der Waals surface area (Å²) in [7, 11) is 0. The molecule has 0 saturated heterocycles. The van der Waals surface area contributed by atoms with Crippen molar-refractivity contribution in [1.82, 2.24) is 0 Å². The second-order valence-corrected chi connectivity index (χ2v) is 22.7. The fourth-order valence-corrected chi connectivity index (χ4v) is 9.52. The van der Waals surface area contributed by atoms with Crippen LogP contribution in [0.4, 0.5) is 0 Å². The van der Waals surface area contributed by atoms with Crippen LogP contribution >= 0.6 is 0 Å². The normalized spacial score (nSPS) is 12.9. The van der Waals surface area contributed by atoms with Crippen LogP contribution in [-0.4, -0.2) is 37.2 Å². The van der Waals surface area contributed by atoms with Crippen LogP contribution in [0.3, 0.4) is 0 Å². The minimum atomic E-state index is -0.817. The van der Waals surface area contributed by atoms with Crippen molar-refractivity contribution in [3.63, 3.8) is 0 Å². The predicted octanol–water partition coefficient (Wildman–Crippen LogP) is 23.9. The predicted molar refractivity (Wildman–Crippen MR) is 357 cm³/mol. The fourth-order valence-electron chi connectivity index (χ4n) is 9.52. The van der Waals surface area contributed by atoms with Gasteiger partial charge in [0.2, 0.25) is 0 Å². The number of hydrogen-bond acceptors (Lipinski definition) is 6. The van der Waals surface area contributed by atoms with Gasteiger partial charge in [0.15, 0.2) is 6.10 Å². The Bertz CT molecular complexity index is 1690. The highest BCUT2D eigenvalue weighted by molar-refractivity contribution is 5.71. The van der Waals surface area contributed by atoms with E-state index < -0.39 is 6.10 Å². The number of carbonyl (C=O) groups is 3. The van der Waals surface area contributed by atoms with Crippen LogP contribution in [0.1, 0.15) is 323 Å². The molecule has 82 heavy (non-hydrogen) atoms. The van der Waals surface area contributed by atoms with E-state index in [4.69, 9.17) is 14.2 Å². The van der Waals surface area contributed by atoms with E-state index in [0.717, 1.165) is 109 Å². The standard InChI is InChI=1S/C76H128O6/c1-4-7-10-13-16-19-22-25-28-31-33-35-37-38-40-41-43-45-48-51-54-57-60-63-66-69-75(78)81-72-73(71-80-74(77)68-65-62-59-56-53-50-47-30-27-24-21-18-15-12-9-6-3)82-76(79)70-67-64-61-58-55-52-49-46-44-42-39-36-34-32-29-26-23-20-17-14-11-8-5-2/h8,11,17,20,22,25-26,29-31,33-34,36,42,44,47,49,52,58,61,73H,4-7,9-10,12-16,18-19,21,23-24,27-28,32,35,37-41,43,45-46,48,50-51,53-57,59-60,62-72H2,1-3H3/b11-8-,20-17-,25-22-,29-26-,33-31-,36-34-,44-42-,47-30-,52-49-,61-58-. The summed E-state index contributed by atoms with van der Waals surface area (Å²) in [6, 6.07) is 0. The Kier molecular flexibility index (Phi) is 65.8. The fraction of sp³-hybridized carbons (Fsp3) is 0.697. The van der Waals surface area contributed by atoms with Gasteiger partial charge in [-0.2, -0.15) is 0 Å². The Morgan fingerprint density at radius 1 is 0.256 bits per heavy atom. The second kappa shape index (κ2) is 69.3. The molecule has 0 amide bonds. The number of hydrogen-bond donors (Lipinski definition) is 0. The molecular formula is C76H128O6. The molecule has 6 heteroatoms. The zero-order valence-corrected chi connectivity index (χ0v) is 53.7. The molecule has 0 aromatic heterocycles. The van der Waals surface area contributed by atoms with Gasteiger partial charge in [0.05, 0.1) is 0 Å². The maximum atomic E-state index is 12.9. The van der Waals surface area contributed by atoms with Gasteiger partial charge in [-0.25, -0.2) is 0 Å². The van der Waals surface area contributed by atoms with Crippen LogP contribution in [0, 0.1) is 0 Å². The lowest BCUT2D eigenvalue weighted by molar-refractivity contribution is -0.167. The van der Waals surface area contributed by atoms with Gasteiger partial charge in [0.25, 0.3) is 0 Å². The number of carbonyl (C=O) groups excluding carboxylic acids is 3. The van der Waals surface area contributed by atoms with Crippen LogP contribution in [0.2, 0.25) is 0 Å². The molecular weight excluding hydrogens is 1010 g/mol. The molecule has 0 N–H and O–H groups in total. The highest BCUT2D eigenvalue weighted by Crippen LogP contribution is 2.16. The molecule has 0 aliphatic rings. The third-order valence-corrected chi connectivity index (χ3v) is 14.7. The summed E-state index contributed by atoms with van der Waals surface area (Å²) in [6.45, 7) is 6.49. The van der Waals surface area contributed by atoms with Gasteiger partial charge in [-0.05, 0) is 128 Å². The lowest BCUT2D eigenvalue weighted by Crippen LogP contribution is -2.30. The minimum Gasteiger partial charge on any atom is -0.462 e. The van der Waals surface area contributed by atoms with Gasteiger partial charge in [-0.1, -0.05) is 296 Å². The van der Waals surface area contributed by atoms with E-state index in [1.807, 2.05) is 0 Å². The van der Waals surface area contributed by atoms with Crippen molar-refractivity contribution >= 4 is 17.9 Å². The van der Waals surface area contributed by atoms with Crippen molar-refractivity contribution in [2.24, 2.45) is 0 Å². The van der Waals surface area contributed by atoms with Gasteiger partial charge in [0, 0.05) is 19.3 Å². The first-order valence-corrected chi connectivity index (χ1v) is 34.5. The highest BCUT2D eigenvalue weighted by Gasteiger charge is 2.19. The molecule has 0 saturated carbocycles. The molecule has 0 aliphatic heterocycles. The summed E-state index contributed by atoms with van der Waals surface area (Å²) in [6.07, 6.45) is 96.5. The minimum absolute atomic E-state index is 0.105. The van der Waals surface area contributed by atoms with Crippen LogP contribution in [0.5, 0.6) is 0 Å². The zero-order valence-electron chi connectivity index (χ0n) is 53.7. The van der Waals surface area contributed by atoms with Crippen molar-refractivity contribution in [1.29, 1.82) is 0 Å². The number of ether oxygens (including phenoxy) is 3. The summed E-state index contributed by atoms with van der Waals surface area (Å²) < 4.78 is 16.9. The van der Waals surface area contributed by atoms with Crippen molar-refractivity contribution < 1.29 is 28.6 Å². The first kappa shape index (κ1) is 77.8. The molecule has 0 radical (unpaired) electrons. The molecule has 1 unspecified atom stereocenters. The van der Waals surface area contributed by atoms with Crippen molar-refractivity contribution in [3.8, 4) is 0 Å². The lowest BCUT2D eigenvalue weighted by Gasteiger charge is -2.18. The van der Waals surface area contributed by atoms with Gasteiger partial charge in [0.1, 0.15) is 13.2 Å². The molecule has 0 bridgehead atoms. The summed E-state index contributed by atoms with van der Waals surface area (Å²) in [5.41, 5.74) is 0. The Morgan fingerprint density at radius 2 is 0.488 bits per heavy atom. The number of rotatable bonds is 62. The highest BCUT2D eigenvalue weighted by atomic mass is 16.6. The van der Waals surface area contributed by atoms with Gasteiger partial charge in [-0.3, -0.25) is 14.4 Å². The topological polar surface area (TPSA) is 78.9 Å². The smallest absolute Gasteiger partial charge is 0.306 e. The second-order valence-electron chi connectivity index (χ2n) is 22.7. The van der Waals surface area contributed by atoms with Crippen molar-refractivity contribution in [3.05, 3.63) is 122 Å². The van der Waals surface area contributed by atoms with E-state index in [9.17, 15) is 14.4 Å². The van der Waals surface area contributed by atoms with E-state index in [1.165, 1.54) is 167 Å². The molecule has 0 rings (SSSR count). The average Bonchev–Trinajstić information content (AvgIpc) is 3.47. The first-order valence-electron chi connectivity index (χ1n) is 34.5. The van der Waals surface area contributed by atoms with E-state index >= 15 is 0 Å². The van der Waals surface area contributed by atoms with Crippen LogP contribution in [-0.2, 0) is 28.6 Å². The van der Waals surface area contributed by atoms with E-state index in [2.05, 4.69) is 142 Å². The van der Waals surface area contributed by atoms with E-state index in [-0.39, 0.29) is 37.5 Å². The summed E-state index contributed by atoms with van der Waals surface area (Å²) in [4.78, 5) is 38.4. The molecule has 0 aliphatic carbocycles.